The topological polar surface area (TPSA) is 55.1 Å². The number of carbonyl (C=O) groups is 1. The lowest BCUT2D eigenvalue weighted by atomic mass is 10.1. The molecule has 0 aliphatic carbocycles. The Hall–Kier alpha value is -1.65. The van der Waals surface area contributed by atoms with E-state index in [0.717, 1.165) is 11.3 Å². The molecular formula is C16H20N2OS. The van der Waals surface area contributed by atoms with Crippen molar-refractivity contribution >= 4 is 17.2 Å². The van der Waals surface area contributed by atoms with Gasteiger partial charge in [-0.15, -0.1) is 11.3 Å². The van der Waals surface area contributed by atoms with Gasteiger partial charge in [0.1, 0.15) is 0 Å². The first kappa shape index (κ1) is 14.8. The average molecular weight is 288 g/mol. The number of aryl methyl sites for hydroxylation is 1. The normalized spacial score (nSPS) is 13.7. The number of nitrogens with two attached hydrogens (primary N) is 1. The minimum atomic E-state index is -0.461. The first-order valence-electron chi connectivity index (χ1n) is 6.80. The van der Waals surface area contributed by atoms with E-state index in [0.29, 0.717) is 6.42 Å². The summed E-state index contributed by atoms with van der Waals surface area (Å²) in [5, 5.41) is 4.97. The zero-order chi connectivity index (χ0) is 14.4. The third-order valence-corrected chi connectivity index (χ3v) is 4.31. The SMILES string of the molecule is C[C@@H](NC(=O)C(N)CCc1ccccc1)c1cccs1. The fourth-order valence-corrected chi connectivity index (χ4v) is 2.76. The molecule has 0 bridgehead atoms. The van der Waals surface area contributed by atoms with Gasteiger partial charge in [-0.3, -0.25) is 4.79 Å². The van der Waals surface area contributed by atoms with E-state index in [1.54, 1.807) is 11.3 Å². The van der Waals surface area contributed by atoms with E-state index in [1.807, 2.05) is 42.6 Å². The van der Waals surface area contributed by atoms with E-state index in [1.165, 1.54) is 5.56 Å². The van der Waals surface area contributed by atoms with Crippen LogP contribution in [0.4, 0.5) is 0 Å². The molecule has 2 rings (SSSR count). The maximum absolute atomic E-state index is 12.0. The summed E-state index contributed by atoms with van der Waals surface area (Å²) in [5.74, 6) is -0.0816. The Morgan fingerprint density at radius 3 is 2.65 bits per heavy atom. The largest absolute Gasteiger partial charge is 0.347 e. The van der Waals surface area contributed by atoms with Gasteiger partial charge in [0.15, 0.2) is 0 Å². The van der Waals surface area contributed by atoms with Gasteiger partial charge in [0, 0.05) is 4.88 Å². The van der Waals surface area contributed by atoms with Crippen LogP contribution in [0.3, 0.4) is 0 Å². The Morgan fingerprint density at radius 2 is 2.00 bits per heavy atom. The van der Waals surface area contributed by atoms with Crippen molar-refractivity contribution in [2.75, 3.05) is 0 Å². The Labute approximate surface area is 123 Å². The highest BCUT2D eigenvalue weighted by Crippen LogP contribution is 2.18. The third-order valence-electron chi connectivity index (χ3n) is 3.25. The maximum Gasteiger partial charge on any atom is 0.237 e. The number of nitrogens with one attached hydrogen (secondary N) is 1. The molecule has 1 amide bonds. The van der Waals surface area contributed by atoms with Crippen molar-refractivity contribution in [2.45, 2.75) is 31.8 Å². The van der Waals surface area contributed by atoms with Gasteiger partial charge >= 0.3 is 0 Å². The van der Waals surface area contributed by atoms with E-state index in [-0.39, 0.29) is 11.9 Å². The van der Waals surface area contributed by atoms with Crippen molar-refractivity contribution in [3.05, 3.63) is 58.3 Å². The molecule has 3 nitrogen and oxygen atoms in total. The van der Waals surface area contributed by atoms with Crippen LogP contribution in [-0.4, -0.2) is 11.9 Å². The van der Waals surface area contributed by atoms with Gasteiger partial charge in [0.25, 0.3) is 0 Å². The lowest BCUT2D eigenvalue weighted by molar-refractivity contribution is -0.123. The molecular weight excluding hydrogens is 268 g/mol. The smallest absolute Gasteiger partial charge is 0.237 e. The van der Waals surface area contributed by atoms with Crippen molar-refractivity contribution in [2.24, 2.45) is 5.73 Å². The number of hydrogen-bond acceptors (Lipinski definition) is 3. The van der Waals surface area contributed by atoms with E-state index >= 15 is 0 Å². The lowest BCUT2D eigenvalue weighted by Gasteiger charge is -2.16. The zero-order valence-corrected chi connectivity index (χ0v) is 12.4. The van der Waals surface area contributed by atoms with Crippen molar-refractivity contribution in [1.29, 1.82) is 0 Å². The summed E-state index contributed by atoms with van der Waals surface area (Å²) < 4.78 is 0. The summed E-state index contributed by atoms with van der Waals surface area (Å²) in [6.45, 7) is 1.98. The van der Waals surface area contributed by atoms with Crippen LogP contribution in [-0.2, 0) is 11.2 Å². The van der Waals surface area contributed by atoms with Gasteiger partial charge in [-0.05, 0) is 36.8 Å². The molecule has 0 saturated carbocycles. The molecule has 1 aromatic carbocycles. The Bertz CT molecular complexity index is 525. The fraction of sp³-hybridized carbons (Fsp3) is 0.312. The minimum absolute atomic E-state index is 0.0188. The van der Waals surface area contributed by atoms with Gasteiger partial charge < -0.3 is 11.1 Å². The van der Waals surface area contributed by atoms with Crippen LogP contribution in [0.5, 0.6) is 0 Å². The maximum atomic E-state index is 12.0. The predicted octanol–water partition coefficient (Wildman–Crippen LogP) is 2.89. The molecule has 0 fully saturated rings. The molecule has 2 atom stereocenters. The van der Waals surface area contributed by atoms with Crippen molar-refractivity contribution in [3.8, 4) is 0 Å². The molecule has 0 spiro atoms. The second kappa shape index (κ2) is 7.22. The summed E-state index contributed by atoms with van der Waals surface area (Å²) in [4.78, 5) is 13.2. The van der Waals surface area contributed by atoms with Crippen LogP contribution in [0.25, 0.3) is 0 Å². The summed E-state index contributed by atoms with van der Waals surface area (Å²) in [7, 11) is 0. The number of thiophene rings is 1. The highest BCUT2D eigenvalue weighted by atomic mass is 32.1. The second-order valence-corrected chi connectivity index (χ2v) is 5.86. The molecule has 0 saturated heterocycles. The molecule has 0 radical (unpaired) electrons. The van der Waals surface area contributed by atoms with Gasteiger partial charge in [0.05, 0.1) is 12.1 Å². The monoisotopic (exact) mass is 288 g/mol. The Morgan fingerprint density at radius 1 is 1.25 bits per heavy atom. The molecule has 1 heterocycles. The van der Waals surface area contributed by atoms with E-state index in [2.05, 4.69) is 17.4 Å². The summed E-state index contributed by atoms with van der Waals surface area (Å²) in [5.41, 5.74) is 7.17. The van der Waals surface area contributed by atoms with Crippen LogP contribution in [0, 0.1) is 0 Å². The first-order chi connectivity index (χ1) is 9.66. The number of amides is 1. The summed E-state index contributed by atoms with van der Waals surface area (Å²) in [6, 6.07) is 13.7. The molecule has 0 aliphatic rings. The molecule has 1 aromatic heterocycles. The Balaban J connectivity index is 1.80. The second-order valence-electron chi connectivity index (χ2n) is 4.88. The third kappa shape index (κ3) is 4.18. The fourth-order valence-electron chi connectivity index (χ4n) is 2.03. The van der Waals surface area contributed by atoms with Gasteiger partial charge in [-0.25, -0.2) is 0 Å². The lowest BCUT2D eigenvalue weighted by Crippen LogP contribution is -2.41. The molecule has 2 aromatic rings. The highest BCUT2D eigenvalue weighted by molar-refractivity contribution is 7.10. The van der Waals surface area contributed by atoms with Crippen LogP contribution in [0.2, 0.25) is 0 Å². The van der Waals surface area contributed by atoms with Gasteiger partial charge in [0.2, 0.25) is 5.91 Å². The predicted molar refractivity (Wildman–Crippen MR) is 83.6 cm³/mol. The van der Waals surface area contributed by atoms with Crippen LogP contribution >= 0.6 is 11.3 Å². The standard InChI is InChI=1S/C16H20N2OS/c1-12(15-8-5-11-20-15)18-16(19)14(17)10-9-13-6-3-2-4-7-13/h2-8,11-12,14H,9-10,17H2,1H3,(H,18,19)/t12-,14?/m1/s1. The van der Waals surface area contributed by atoms with E-state index in [9.17, 15) is 4.79 Å². The zero-order valence-electron chi connectivity index (χ0n) is 11.6. The van der Waals surface area contributed by atoms with Crippen LogP contribution in [0.15, 0.2) is 47.8 Å². The number of rotatable bonds is 6. The Kier molecular flexibility index (Phi) is 5.32. The molecule has 1 unspecified atom stereocenters. The molecule has 0 aliphatic heterocycles. The highest BCUT2D eigenvalue weighted by Gasteiger charge is 2.16. The van der Waals surface area contributed by atoms with E-state index in [4.69, 9.17) is 5.73 Å². The number of carbonyl (C=O) groups excluding carboxylic acids is 1. The van der Waals surface area contributed by atoms with Crippen molar-refractivity contribution < 1.29 is 4.79 Å². The quantitative estimate of drug-likeness (QED) is 0.858. The molecule has 106 valence electrons. The van der Waals surface area contributed by atoms with Crippen LogP contribution in [0.1, 0.15) is 29.8 Å². The summed E-state index contributed by atoms with van der Waals surface area (Å²) in [6.07, 6.45) is 1.48. The van der Waals surface area contributed by atoms with Gasteiger partial charge in [-0.1, -0.05) is 36.4 Å². The number of hydrogen-bond donors (Lipinski definition) is 2. The van der Waals surface area contributed by atoms with Gasteiger partial charge in [-0.2, -0.15) is 0 Å². The van der Waals surface area contributed by atoms with Crippen molar-refractivity contribution in [3.63, 3.8) is 0 Å². The van der Waals surface area contributed by atoms with E-state index < -0.39 is 6.04 Å². The number of benzene rings is 1. The first-order valence-corrected chi connectivity index (χ1v) is 7.68. The molecule has 4 heteroatoms. The average Bonchev–Trinajstić information content (AvgIpc) is 3.00. The summed E-state index contributed by atoms with van der Waals surface area (Å²) >= 11 is 1.64. The molecule has 3 N–H and O–H groups in total. The van der Waals surface area contributed by atoms with Crippen molar-refractivity contribution in [1.82, 2.24) is 5.32 Å². The molecule has 20 heavy (non-hydrogen) atoms. The minimum Gasteiger partial charge on any atom is -0.347 e. The van der Waals surface area contributed by atoms with Crippen LogP contribution < -0.4 is 11.1 Å².